The first-order valence-corrected chi connectivity index (χ1v) is 9.68. The zero-order valence-corrected chi connectivity index (χ0v) is 17.8. The van der Waals surface area contributed by atoms with Crippen LogP contribution in [-0.2, 0) is 9.53 Å². The number of esters is 1. The van der Waals surface area contributed by atoms with Crippen molar-refractivity contribution in [1.29, 1.82) is 0 Å². The Morgan fingerprint density at radius 1 is 1.13 bits per heavy atom. The summed E-state index contributed by atoms with van der Waals surface area (Å²) in [5, 5.41) is 3.80. The molecule has 0 aliphatic rings. The fraction of sp³-hybridized carbons (Fsp3) is 0.250. The molecule has 0 saturated heterocycles. The average Bonchev–Trinajstić information content (AvgIpc) is 3.00. The smallest absolute Gasteiger partial charge is 0.337 e. The van der Waals surface area contributed by atoms with Crippen LogP contribution in [0.3, 0.4) is 0 Å². The Bertz CT molecular complexity index is 1120. The van der Waals surface area contributed by atoms with E-state index in [-0.39, 0.29) is 5.91 Å². The van der Waals surface area contributed by atoms with Crippen LogP contribution in [0.15, 0.2) is 46.9 Å². The lowest BCUT2D eigenvalue weighted by Gasteiger charge is -2.11. The Hall–Kier alpha value is -3.54. The summed E-state index contributed by atoms with van der Waals surface area (Å²) in [5.74, 6) is 0.829. The Labute approximate surface area is 175 Å². The normalized spacial score (nSPS) is 11.4. The number of rotatable bonds is 6. The highest BCUT2D eigenvalue weighted by molar-refractivity contribution is 6.05. The first-order valence-electron chi connectivity index (χ1n) is 9.68. The molecule has 3 rings (SSSR count). The van der Waals surface area contributed by atoms with Gasteiger partial charge in [-0.05, 0) is 69.2 Å². The van der Waals surface area contributed by atoms with Gasteiger partial charge in [-0.1, -0.05) is 0 Å². The monoisotopic (exact) mass is 407 g/mol. The summed E-state index contributed by atoms with van der Waals surface area (Å²) < 4.78 is 16.3. The highest BCUT2D eigenvalue weighted by Gasteiger charge is 2.15. The fourth-order valence-corrected chi connectivity index (χ4v) is 3.21. The van der Waals surface area contributed by atoms with Gasteiger partial charge in [-0.25, -0.2) is 4.79 Å². The van der Waals surface area contributed by atoms with Crippen LogP contribution in [-0.4, -0.2) is 25.6 Å². The zero-order chi connectivity index (χ0) is 21.8. The molecule has 0 unspecified atom stereocenters. The predicted molar refractivity (Wildman–Crippen MR) is 117 cm³/mol. The maximum atomic E-state index is 12.5. The number of allylic oxidation sites excluding steroid dienone is 1. The minimum Gasteiger partial charge on any atom is -0.493 e. The lowest BCUT2D eigenvalue weighted by Crippen LogP contribution is -2.09. The molecule has 6 heteroatoms. The molecular weight excluding hydrogens is 382 g/mol. The number of methoxy groups -OCH3 is 1. The van der Waals surface area contributed by atoms with Crippen molar-refractivity contribution in [2.75, 3.05) is 19.0 Å². The molecular formula is C24H25NO5. The second-order valence-electron chi connectivity index (χ2n) is 6.95. The van der Waals surface area contributed by atoms with Gasteiger partial charge in [-0.3, -0.25) is 4.79 Å². The van der Waals surface area contributed by atoms with Crippen molar-refractivity contribution in [2.45, 2.75) is 27.7 Å². The Kier molecular flexibility index (Phi) is 6.26. The Morgan fingerprint density at radius 3 is 2.47 bits per heavy atom. The van der Waals surface area contributed by atoms with E-state index in [9.17, 15) is 9.59 Å². The van der Waals surface area contributed by atoms with Crippen molar-refractivity contribution in [2.24, 2.45) is 0 Å². The second kappa shape index (κ2) is 8.86. The molecule has 0 saturated carbocycles. The van der Waals surface area contributed by atoms with Crippen LogP contribution in [0.4, 0.5) is 5.69 Å². The van der Waals surface area contributed by atoms with E-state index in [1.54, 1.807) is 24.3 Å². The first-order chi connectivity index (χ1) is 14.3. The highest BCUT2D eigenvalue weighted by atomic mass is 16.5. The van der Waals surface area contributed by atoms with Gasteiger partial charge in [0, 0.05) is 28.8 Å². The van der Waals surface area contributed by atoms with Crippen LogP contribution >= 0.6 is 0 Å². The van der Waals surface area contributed by atoms with Crippen molar-refractivity contribution >= 4 is 34.1 Å². The van der Waals surface area contributed by atoms with Gasteiger partial charge < -0.3 is 19.2 Å². The number of benzene rings is 2. The number of ether oxygens (including phenoxy) is 2. The van der Waals surface area contributed by atoms with Crippen LogP contribution < -0.4 is 10.1 Å². The van der Waals surface area contributed by atoms with Crippen LogP contribution in [0, 0.1) is 13.8 Å². The van der Waals surface area contributed by atoms with Gasteiger partial charge in [0.25, 0.3) is 0 Å². The van der Waals surface area contributed by atoms with Gasteiger partial charge in [0.2, 0.25) is 5.91 Å². The molecule has 0 bridgehead atoms. The van der Waals surface area contributed by atoms with E-state index in [0.717, 1.165) is 33.4 Å². The number of amides is 1. The maximum Gasteiger partial charge on any atom is 0.337 e. The van der Waals surface area contributed by atoms with Gasteiger partial charge >= 0.3 is 5.97 Å². The largest absolute Gasteiger partial charge is 0.493 e. The van der Waals surface area contributed by atoms with E-state index >= 15 is 0 Å². The molecule has 0 radical (unpaired) electrons. The molecule has 0 atom stereocenters. The van der Waals surface area contributed by atoms with Crippen LogP contribution in [0.2, 0.25) is 0 Å². The molecule has 1 aromatic heterocycles. The van der Waals surface area contributed by atoms with E-state index in [0.29, 0.717) is 23.6 Å². The summed E-state index contributed by atoms with van der Waals surface area (Å²) in [6.45, 7) is 8.22. The number of furan rings is 1. The summed E-state index contributed by atoms with van der Waals surface area (Å²) in [5.41, 5.74) is 4.44. The SMILES string of the molecule is CCOc1cc2oc(C)c(C)c2cc1/C(C)=C/C(=O)Nc1ccc(C(=O)OC)cc1. The lowest BCUT2D eigenvalue weighted by molar-refractivity contribution is -0.111. The lowest BCUT2D eigenvalue weighted by atomic mass is 10.0. The number of nitrogens with one attached hydrogen (secondary N) is 1. The number of anilines is 1. The molecule has 1 heterocycles. The van der Waals surface area contributed by atoms with Crippen LogP contribution in [0.5, 0.6) is 5.75 Å². The molecule has 0 spiro atoms. The molecule has 30 heavy (non-hydrogen) atoms. The number of aryl methyl sites for hydroxylation is 2. The van der Waals surface area contributed by atoms with E-state index < -0.39 is 5.97 Å². The van der Waals surface area contributed by atoms with Gasteiger partial charge in [0.15, 0.2) is 0 Å². The molecule has 6 nitrogen and oxygen atoms in total. The summed E-state index contributed by atoms with van der Waals surface area (Å²) in [7, 11) is 1.33. The van der Waals surface area contributed by atoms with Gasteiger partial charge in [0.05, 0.1) is 19.3 Å². The number of fused-ring (bicyclic) bond motifs is 1. The van der Waals surface area contributed by atoms with Crippen molar-refractivity contribution < 1.29 is 23.5 Å². The number of hydrogen-bond acceptors (Lipinski definition) is 5. The maximum absolute atomic E-state index is 12.5. The van der Waals surface area contributed by atoms with E-state index in [2.05, 4.69) is 10.1 Å². The summed E-state index contributed by atoms with van der Waals surface area (Å²) in [6, 6.07) is 10.4. The Balaban J connectivity index is 1.87. The third-order valence-electron chi connectivity index (χ3n) is 4.92. The minimum atomic E-state index is -0.424. The van der Waals surface area contributed by atoms with E-state index in [1.807, 2.05) is 39.8 Å². The zero-order valence-electron chi connectivity index (χ0n) is 17.8. The number of hydrogen-bond donors (Lipinski definition) is 1. The van der Waals surface area contributed by atoms with Crippen LogP contribution in [0.25, 0.3) is 16.5 Å². The average molecular weight is 407 g/mol. The predicted octanol–water partition coefficient (Wildman–Crippen LogP) is 5.28. The van der Waals surface area contributed by atoms with Crippen molar-refractivity contribution in [3.8, 4) is 5.75 Å². The molecule has 0 aliphatic carbocycles. The molecule has 0 fully saturated rings. The highest BCUT2D eigenvalue weighted by Crippen LogP contribution is 2.35. The molecule has 1 amide bonds. The van der Waals surface area contributed by atoms with Crippen molar-refractivity contribution in [1.82, 2.24) is 0 Å². The molecule has 2 aromatic carbocycles. The second-order valence-corrected chi connectivity index (χ2v) is 6.95. The van der Waals surface area contributed by atoms with Gasteiger partial charge in [0.1, 0.15) is 17.1 Å². The topological polar surface area (TPSA) is 77.8 Å². The molecule has 0 aliphatic heterocycles. The first kappa shape index (κ1) is 21.2. The Morgan fingerprint density at radius 2 is 1.83 bits per heavy atom. The van der Waals surface area contributed by atoms with Crippen LogP contribution in [0.1, 0.15) is 41.1 Å². The third-order valence-corrected chi connectivity index (χ3v) is 4.92. The van der Waals surface area contributed by atoms with Crippen molar-refractivity contribution in [3.63, 3.8) is 0 Å². The van der Waals surface area contributed by atoms with E-state index in [1.165, 1.54) is 13.2 Å². The summed E-state index contributed by atoms with van der Waals surface area (Å²) in [4.78, 5) is 24.1. The van der Waals surface area contributed by atoms with Gasteiger partial charge in [-0.15, -0.1) is 0 Å². The molecule has 156 valence electrons. The molecule has 1 N–H and O–H groups in total. The van der Waals surface area contributed by atoms with Crippen molar-refractivity contribution in [3.05, 3.63) is 64.9 Å². The third kappa shape index (κ3) is 4.38. The quantitative estimate of drug-likeness (QED) is 0.444. The number of carbonyl (C=O) groups excluding carboxylic acids is 2. The molecule has 3 aromatic rings. The van der Waals surface area contributed by atoms with Gasteiger partial charge in [-0.2, -0.15) is 0 Å². The number of carbonyl (C=O) groups is 2. The standard InChI is InChI=1S/C24H25NO5/c1-6-29-21-13-22-20(15(3)16(4)30-22)12-19(21)14(2)11-23(26)25-18-9-7-17(8-10-18)24(27)28-5/h7-13H,6H2,1-5H3,(H,25,26)/b14-11+. The fourth-order valence-electron chi connectivity index (χ4n) is 3.21. The summed E-state index contributed by atoms with van der Waals surface area (Å²) >= 11 is 0. The summed E-state index contributed by atoms with van der Waals surface area (Å²) in [6.07, 6.45) is 1.53. The minimum absolute atomic E-state index is 0.277. The van der Waals surface area contributed by atoms with E-state index in [4.69, 9.17) is 9.15 Å².